The molecule has 0 fully saturated rings. The van der Waals surface area contributed by atoms with Crippen molar-refractivity contribution in [3.8, 4) is 5.75 Å². The standard InChI is InChI=1S/C36H42NOP.C6H12/c1-10-37-30-18-31-28(16-26(30)23(4)20-35(37,6)7)34(25-15-13-12-14-22(25)3)29-17-27-24(5)21-36(8,9)39(11-2)33(27)19-32(29)38-31;1-3-5-6-4-2/h12-21,33H,10-11H2,1-9H3;3H,1,4-6H2,2H3/p+1. The van der Waals surface area contributed by atoms with Crippen molar-refractivity contribution in [1.29, 1.82) is 0 Å². The summed E-state index contributed by atoms with van der Waals surface area (Å²) in [7, 11) is -0.698. The molecule has 2 unspecified atom stereocenters. The van der Waals surface area contributed by atoms with Crippen LogP contribution in [-0.4, -0.2) is 29.1 Å². The van der Waals surface area contributed by atoms with Crippen LogP contribution in [0, 0.1) is 6.92 Å². The van der Waals surface area contributed by atoms with Crippen molar-refractivity contribution in [1.82, 2.24) is 0 Å². The van der Waals surface area contributed by atoms with Crippen LogP contribution in [0.25, 0.3) is 11.1 Å². The van der Waals surface area contributed by atoms with E-state index in [1.54, 1.807) is 0 Å². The highest BCUT2D eigenvalue weighted by atomic mass is 31.1. The molecule has 2 aromatic carbocycles. The van der Waals surface area contributed by atoms with Gasteiger partial charge in [0.25, 0.3) is 0 Å². The summed E-state index contributed by atoms with van der Waals surface area (Å²) < 4.78 is 6.94. The smallest absolute Gasteiger partial charge is 0.137 e. The van der Waals surface area contributed by atoms with Gasteiger partial charge in [-0.1, -0.05) is 56.2 Å². The van der Waals surface area contributed by atoms with Crippen LogP contribution in [0.5, 0.6) is 5.75 Å². The van der Waals surface area contributed by atoms with Crippen molar-refractivity contribution in [2.75, 3.05) is 17.6 Å². The molecular formula is C42H55NOP+. The van der Waals surface area contributed by atoms with Gasteiger partial charge in [0.05, 0.1) is 16.9 Å². The van der Waals surface area contributed by atoms with Gasteiger partial charge in [-0.05, 0) is 115 Å². The van der Waals surface area contributed by atoms with Gasteiger partial charge in [0.1, 0.15) is 17.2 Å². The minimum atomic E-state index is -0.698. The Kier molecular flexibility index (Phi) is 9.58. The lowest BCUT2D eigenvalue weighted by Crippen LogP contribution is -2.45. The third-order valence-electron chi connectivity index (χ3n) is 10.2. The normalized spacial score (nSPS) is 22.1. The molecule has 0 radical (unpaired) electrons. The number of ether oxygens (including phenoxy) is 1. The third-order valence-corrected chi connectivity index (χ3v) is 14.0. The molecule has 0 saturated carbocycles. The number of nitrogens with zero attached hydrogens (tertiary/aromatic N) is 1. The number of allylic oxidation sites excluding steroid dienone is 7. The highest BCUT2D eigenvalue weighted by Gasteiger charge is 2.47. The van der Waals surface area contributed by atoms with Crippen LogP contribution in [0.4, 0.5) is 5.69 Å². The molecule has 3 heterocycles. The Morgan fingerprint density at radius 3 is 2.29 bits per heavy atom. The van der Waals surface area contributed by atoms with Gasteiger partial charge in [0, 0.05) is 54.6 Å². The number of hydrogen-bond donors (Lipinski definition) is 0. The Hall–Kier alpha value is -3.09. The second kappa shape index (κ2) is 13.0. The number of rotatable bonds is 6. The molecule has 238 valence electrons. The first kappa shape index (κ1) is 33.3. The molecule has 0 bridgehead atoms. The number of benzene rings is 2. The van der Waals surface area contributed by atoms with Crippen molar-refractivity contribution in [2.24, 2.45) is 0 Å². The summed E-state index contributed by atoms with van der Waals surface area (Å²) in [5.41, 5.74) is 13.6. The topological polar surface area (TPSA) is 12.5 Å². The summed E-state index contributed by atoms with van der Waals surface area (Å²) in [4.78, 5) is 2.51. The molecule has 0 spiro atoms. The molecule has 0 N–H and O–H groups in total. The SMILES string of the molecule is C=CCCCC.CCN1c2cc3c(cc2C(C)=CC1(C)C)C(c1ccccc1C)=C1C=C2C(C)=CC(C)(C)[PH+](CC)C2C=C1O3. The summed E-state index contributed by atoms with van der Waals surface area (Å²) in [6, 6.07) is 13.6. The zero-order chi connectivity index (χ0) is 32.7. The van der Waals surface area contributed by atoms with Gasteiger partial charge in [0.15, 0.2) is 0 Å². The van der Waals surface area contributed by atoms with E-state index in [2.05, 4.69) is 141 Å². The van der Waals surface area contributed by atoms with Gasteiger partial charge < -0.3 is 9.64 Å². The predicted molar refractivity (Wildman–Crippen MR) is 201 cm³/mol. The van der Waals surface area contributed by atoms with Crippen molar-refractivity contribution >= 4 is 24.8 Å². The average molecular weight is 621 g/mol. The fourth-order valence-corrected chi connectivity index (χ4v) is 11.7. The summed E-state index contributed by atoms with van der Waals surface area (Å²) in [5.74, 6) is 2.02. The van der Waals surface area contributed by atoms with Crippen LogP contribution in [0.1, 0.15) is 104 Å². The van der Waals surface area contributed by atoms with Crippen molar-refractivity contribution in [2.45, 2.75) is 105 Å². The Morgan fingerprint density at radius 1 is 0.933 bits per heavy atom. The molecule has 2 atom stereocenters. The number of fused-ring (bicyclic) bond motifs is 4. The van der Waals surface area contributed by atoms with Gasteiger partial charge in [-0.25, -0.2) is 0 Å². The van der Waals surface area contributed by atoms with Gasteiger partial charge in [0.2, 0.25) is 0 Å². The predicted octanol–water partition coefficient (Wildman–Crippen LogP) is 11.7. The minimum Gasteiger partial charge on any atom is -0.456 e. The van der Waals surface area contributed by atoms with E-state index in [-0.39, 0.29) is 10.7 Å². The Balaban J connectivity index is 0.000000609. The molecule has 4 aliphatic rings. The first-order chi connectivity index (χ1) is 21.4. The van der Waals surface area contributed by atoms with Crippen LogP contribution in [0.2, 0.25) is 0 Å². The first-order valence-corrected chi connectivity index (χ1v) is 18.9. The van der Waals surface area contributed by atoms with Crippen molar-refractivity contribution in [3.05, 3.63) is 118 Å². The van der Waals surface area contributed by atoms with E-state index >= 15 is 0 Å². The second-order valence-corrected chi connectivity index (χ2v) is 17.9. The number of anilines is 1. The molecule has 3 heteroatoms. The van der Waals surface area contributed by atoms with E-state index in [1.165, 1.54) is 81.2 Å². The monoisotopic (exact) mass is 620 g/mol. The fraction of sp³-hybridized carbons (Fsp3) is 0.429. The molecule has 0 amide bonds. The lowest BCUT2D eigenvalue weighted by molar-refractivity contribution is 0.428. The maximum absolute atomic E-state index is 6.94. The quantitative estimate of drug-likeness (QED) is 0.181. The molecule has 45 heavy (non-hydrogen) atoms. The number of likely N-dealkylation sites (N-methyl/N-ethyl adjacent to an activating group) is 1. The zero-order valence-electron chi connectivity index (χ0n) is 29.5. The van der Waals surface area contributed by atoms with E-state index in [0.717, 1.165) is 18.1 Å². The lowest BCUT2D eigenvalue weighted by atomic mass is 9.81. The van der Waals surface area contributed by atoms with Gasteiger partial charge in [-0.3, -0.25) is 0 Å². The summed E-state index contributed by atoms with van der Waals surface area (Å²) in [6.45, 7) is 27.7. The second-order valence-electron chi connectivity index (χ2n) is 14.3. The molecule has 0 aromatic heterocycles. The first-order valence-electron chi connectivity index (χ1n) is 17.1. The molecule has 0 saturated heterocycles. The van der Waals surface area contributed by atoms with Crippen molar-refractivity contribution < 1.29 is 4.74 Å². The van der Waals surface area contributed by atoms with Crippen LogP contribution in [0.3, 0.4) is 0 Å². The van der Waals surface area contributed by atoms with Crippen LogP contribution in [0.15, 0.2) is 95.8 Å². The molecule has 2 aromatic rings. The largest absolute Gasteiger partial charge is 0.456 e. The van der Waals surface area contributed by atoms with Crippen molar-refractivity contribution in [3.63, 3.8) is 0 Å². The summed E-state index contributed by atoms with van der Waals surface area (Å²) in [6.07, 6.45) is 16.9. The minimum absolute atomic E-state index is 0.0354. The summed E-state index contributed by atoms with van der Waals surface area (Å²) >= 11 is 0. The van der Waals surface area contributed by atoms with Crippen LogP contribution < -0.4 is 9.64 Å². The molecule has 2 nitrogen and oxygen atoms in total. The van der Waals surface area contributed by atoms with Gasteiger partial charge in [-0.2, -0.15) is 0 Å². The van der Waals surface area contributed by atoms with E-state index in [0.29, 0.717) is 5.66 Å². The van der Waals surface area contributed by atoms with E-state index in [1.807, 2.05) is 6.08 Å². The fourth-order valence-electron chi connectivity index (χ4n) is 8.09. The Labute approximate surface area is 275 Å². The van der Waals surface area contributed by atoms with E-state index < -0.39 is 7.92 Å². The summed E-state index contributed by atoms with van der Waals surface area (Å²) in [5, 5.41) is 0.255. The number of aryl methyl sites for hydroxylation is 1. The maximum Gasteiger partial charge on any atom is 0.137 e. The maximum atomic E-state index is 6.94. The highest BCUT2D eigenvalue weighted by molar-refractivity contribution is 7.60. The molecule has 3 aliphatic heterocycles. The Bertz CT molecular complexity index is 1640. The molecule has 1 aliphatic carbocycles. The number of unbranched alkanes of at least 4 members (excludes halogenated alkanes) is 2. The third kappa shape index (κ3) is 6.08. The van der Waals surface area contributed by atoms with Gasteiger partial charge >= 0.3 is 0 Å². The lowest BCUT2D eigenvalue weighted by Gasteiger charge is -2.43. The average Bonchev–Trinajstić information content (AvgIpc) is 2.98. The zero-order valence-corrected chi connectivity index (χ0v) is 30.5. The molecule has 6 rings (SSSR count). The van der Waals surface area contributed by atoms with Crippen LogP contribution in [-0.2, 0) is 0 Å². The van der Waals surface area contributed by atoms with Crippen LogP contribution >= 0.6 is 7.92 Å². The number of hydrogen-bond acceptors (Lipinski definition) is 2. The van der Waals surface area contributed by atoms with E-state index in [9.17, 15) is 0 Å². The van der Waals surface area contributed by atoms with E-state index in [4.69, 9.17) is 4.74 Å². The Morgan fingerprint density at radius 2 is 1.67 bits per heavy atom. The highest BCUT2D eigenvalue weighted by Crippen LogP contribution is 2.63. The molecular weight excluding hydrogens is 565 g/mol. The van der Waals surface area contributed by atoms with Gasteiger partial charge in [-0.15, -0.1) is 6.58 Å².